The molecule has 2 aromatic heterocycles. The monoisotopic (exact) mass is 995 g/mol. The van der Waals surface area contributed by atoms with E-state index in [1.165, 1.54) is 43.5 Å². The van der Waals surface area contributed by atoms with Crippen molar-refractivity contribution in [2.75, 3.05) is 65.6 Å². The molecule has 6 amide bonds. The second kappa shape index (κ2) is 31.3. The number of anilines is 1. The van der Waals surface area contributed by atoms with Gasteiger partial charge in [0, 0.05) is 96.0 Å². The van der Waals surface area contributed by atoms with Crippen molar-refractivity contribution in [3.05, 3.63) is 84.4 Å². The lowest BCUT2D eigenvalue weighted by molar-refractivity contribution is -0.129. The number of amides is 6. The van der Waals surface area contributed by atoms with Gasteiger partial charge in [-0.05, 0) is 101 Å². The summed E-state index contributed by atoms with van der Waals surface area (Å²) in [5.41, 5.74) is 5.89. The van der Waals surface area contributed by atoms with Gasteiger partial charge < -0.3 is 50.4 Å². The topological polar surface area (TPSA) is 234 Å². The number of nitrogens with two attached hydrogens (primary N) is 1. The van der Waals surface area contributed by atoms with E-state index in [0.29, 0.717) is 76.9 Å². The molecule has 5 N–H and O–H groups in total. The molecule has 3 aromatic rings. The molecule has 3 aliphatic rings. The maximum absolute atomic E-state index is 13.4. The molecular weight excluding hydrogens is 923 g/mol. The van der Waals surface area contributed by atoms with Crippen molar-refractivity contribution in [2.24, 2.45) is 17.6 Å². The van der Waals surface area contributed by atoms with Gasteiger partial charge in [0.05, 0.1) is 31.8 Å². The number of benzene rings is 1. The van der Waals surface area contributed by atoms with Crippen molar-refractivity contribution in [3.8, 4) is 5.75 Å². The minimum atomic E-state index is -0.940. The van der Waals surface area contributed by atoms with Gasteiger partial charge in [-0.15, -0.1) is 0 Å². The average Bonchev–Trinajstić information content (AvgIpc) is 3.73. The summed E-state index contributed by atoms with van der Waals surface area (Å²) in [7, 11) is 4.48. The predicted octanol–water partition coefficient (Wildman–Crippen LogP) is 4.89. The largest absolute Gasteiger partial charge is 0.494 e. The van der Waals surface area contributed by atoms with E-state index in [4.69, 9.17) is 19.9 Å². The smallest absolute Gasteiger partial charge is 0.267 e. The van der Waals surface area contributed by atoms with Gasteiger partial charge in [0.1, 0.15) is 11.8 Å². The molecule has 2 unspecified atom stereocenters. The van der Waals surface area contributed by atoms with E-state index in [1.807, 2.05) is 25.1 Å². The second-order valence-corrected chi connectivity index (χ2v) is 17.7. The van der Waals surface area contributed by atoms with Crippen molar-refractivity contribution < 1.29 is 56.5 Å². The van der Waals surface area contributed by atoms with Gasteiger partial charge in [-0.3, -0.25) is 38.7 Å². The number of pyridine rings is 2. The van der Waals surface area contributed by atoms with Gasteiger partial charge in [0.25, 0.3) is 11.8 Å². The second-order valence-electron chi connectivity index (χ2n) is 17.7. The van der Waals surface area contributed by atoms with E-state index >= 15 is 0 Å². The van der Waals surface area contributed by atoms with Crippen LogP contribution in [0.3, 0.4) is 0 Å². The van der Waals surface area contributed by atoms with Crippen LogP contribution in [0.2, 0.25) is 0 Å². The maximum Gasteiger partial charge on any atom is 0.267 e. The molecule has 0 radical (unpaired) electrons. The van der Waals surface area contributed by atoms with Gasteiger partial charge in [-0.1, -0.05) is 25.5 Å². The van der Waals surface area contributed by atoms with E-state index in [0.717, 1.165) is 38.2 Å². The number of rotatable bonds is 22. The number of nitrogens with one attached hydrogen (secondary N) is 3. The quantitative estimate of drug-likeness (QED) is 0.0986. The van der Waals surface area contributed by atoms with Crippen LogP contribution in [0.25, 0.3) is 0 Å². The number of primary amides is 1. The van der Waals surface area contributed by atoms with Crippen LogP contribution in [0.4, 0.5) is 14.5 Å². The lowest BCUT2D eigenvalue weighted by Gasteiger charge is -2.30. The third kappa shape index (κ3) is 19.9. The highest BCUT2D eigenvalue weighted by Crippen LogP contribution is 2.26. The zero-order chi connectivity index (χ0) is 51.5. The Morgan fingerprint density at radius 1 is 0.845 bits per heavy atom. The first-order chi connectivity index (χ1) is 34.2. The van der Waals surface area contributed by atoms with Gasteiger partial charge in [-0.2, -0.15) is 4.39 Å². The molecule has 2 aliphatic carbocycles. The van der Waals surface area contributed by atoms with Crippen molar-refractivity contribution in [1.82, 2.24) is 30.8 Å². The molecule has 3 fully saturated rings. The SMILES string of the molecule is CCCC(OC)C(=O)N(CCNC(=O)C1CCC(NC(=O)CCCOC2CCC(OCCNC(=O)C3CC(=O)N(C)C3)CC2)CC1)c1ccnc(C(N)=O)c1.COc1cccc(F)c1F.c1ccncc1. The predicted molar refractivity (Wildman–Crippen MR) is 261 cm³/mol. The van der Waals surface area contributed by atoms with E-state index in [9.17, 15) is 37.5 Å². The number of likely N-dealkylation sites (tertiary alicyclic amines) is 1. The molecule has 6 rings (SSSR count). The van der Waals surface area contributed by atoms with Crippen LogP contribution >= 0.6 is 0 Å². The first kappa shape index (κ1) is 57.5. The van der Waals surface area contributed by atoms with Crippen LogP contribution in [0, 0.1) is 23.5 Å². The van der Waals surface area contributed by atoms with Crippen molar-refractivity contribution >= 4 is 41.1 Å². The number of hydrogen-bond acceptors (Lipinski definition) is 12. The van der Waals surface area contributed by atoms with E-state index in [2.05, 4.69) is 30.7 Å². The number of hydrogen-bond donors (Lipinski definition) is 4. The fourth-order valence-corrected chi connectivity index (χ4v) is 8.49. The highest BCUT2D eigenvalue weighted by molar-refractivity contribution is 5.98. The van der Waals surface area contributed by atoms with Crippen LogP contribution < -0.4 is 31.3 Å². The summed E-state index contributed by atoms with van der Waals surface area (Å²) in [5.74, 6) is -3.53. The summed E-state index contributed by atoms with van der Waals surface area (Å²) in [5, 5.41) is 8.96. The fraction of sp³-hybridized carbons (Fsp3) is 0.569. The number of aromatic nitrogens is 2. The Morgan fingerprint density at radius 3 is 2.07 bits per heavy atom. The zero-order valence-electron chi connectivity index (χ0n) is 41.5. The molecule has 390 valence electrons. The number of carbonyl (C=O) groups is 6. The third-order valence-electron chi connectivity index (χ3n) is 12.5. The van der Waals surface area contributed by atoms with Gasteiger partial charge in [0.2, 0.25) is 29.4 Å². The molecule has 2 atom stereocenters. The summed E-state index contributed by atoms with van der Waals surface area (Å²) in [4.78, 5) is 85.6. The van der Waals surface area contributed by atoms with Crippen molar-refractivity contribution in [2.45, 2.75) is 115 Å². The van der Waals surface area contributed by atoms with Gasteiger partial charge in [0.15, 0.2) is 11.6 Å². The summed E-state index contributed by atoms with van der Waals surface area (Å²) in [6, 6.07) is 12.6. The molecule has 20 heteroatoms. The Bertz CT molecular complexity index is 2100. The van der Waals surface area contributed by atoms with Crippen molar-refractivity contribution in [1.29, 1.82) is 0 Å². The first-order valence-electron chi connectivity index (χ1n) is 24.5. The Hall–Kier alpha value is -6.12. The number of nitrogens with zero attached hydrogens (tertiary/aromatic N) is 4. The number of carbonyl (C=O) groups excluding carboxylic acids is 6. The number of halogens is 2. The minimum absolute atomic E-state index is 0.00200. The number of methoxy groups -OCH3 is 2. The molecular formula is C51H72F2N8O10. The Labute approximate surface area is 415 Å². The molecule has 1 saturated heterocycles. The van der Waals surface area contributed by atoms with E-state index in [1.54, 1.807) is 30.4 Å². The Balaban J connectivity index is 0.000000574. The molecule has 0 spiro atoms. The highest BCUT2D eigenvalue weighted by Gasteiger charge is 2.32. The molecule has 1 aliphatic heterocycles. The normalized spacial score (nSPS) is 19.9. The average molecular weight is 995 g/mol. The Morgan fingerprint density at radius 2 is 1.51 bits per heavy atom. The minimum Gasteiger partial charge on any atom is -0.494 e. The van der Waals surface area contributed by atoms with Crippen LogP contribution in [-0.4, -0.2) is 135 Å². The van der Waals surface area contributed by atoms with E-state index in [-0.39, 0.29) is 90.6 Å². The molecule has 2 saturated carbocycles. The zero-order valence-corrected chi connectivity index (χ0v) is 41.5. The van der Waals surface area contributed by atoms with Crippen LogP contribution in [0.15, 0.2) is 67.1 Å². The van der Waals surface area contributed by atoms with Crippen LogP contribution in [0.1, 0.15) is 101 Å². The van der Waals surface area contributed by atoms with E-state index < -0.39 is 23.6 Å². The van der Waals surface area contributed by atoms with Crippen molar-refractivity contribution in [3.63, 3.8) is 0 Å². The first-order valence-corrected chi connectivity index (χ1v) is 24.5. The fourth-order valence-electron chi connectivity index (χ4n) is 8.49. The van der Waals surface area contributed by atoms with Gasteiger partial charge in [-0.25, -0.2) is 4.39 Å². The lowest BCUT2D eigenvalue weighted by Crippen LogP contribution is -2.46. The Kier molecular flexibility index (Phi) is 25.3. The molecule has 1 aromatic carbocycles. The van der Waals surface area contributed by atoms with Crippen LogP contribution in [0.5, 0.6) is 5.75 Å². The standard InChI is InChI=1S/C39H61N7O9.C7H6F2O.C5H5N/c1-4-6-33(53-3)39(52)46(29-16-17-41-32(24-29)36(40)49)20-18-42-37(50)26-8-10-28(11-9-26)44-34(47)7-5-21-54-30-12-14-31(15-13-30)55-22-19-43-38(51)27-23-35(48)45(2)25-27;1-10-6-4-2-3-5(8)7(6)9;1-2-4-6-5-3-1/h16-17,24,26-28,30-31,33H,4-15,18-23,25H2,1-3H3,(H2,40,49)(H,42,50)(H,43,51)(H,44,47);2-4H,1H3;1-5H. The summed E-state index contributed by atoms with van der Waals surface area (Å²) >= 11 is 0. The molecule has 71 heavy (non-hydrogen) atoms. The maximum atomic E-state index is 13.4. The summed E-state index contributed by atoms with van der Waals surface area (Å²) in [6.45, 7) is 4.19. The molecule has 3 heterocycles. The summed E-state index contributed by atoms with van der Waals surface area (Å²) in [6.07, 6.45) is 13.4. The van der Waals surface area contributed by atoms with Crippen LogP contribution in [-0.2, 0) is 38.2 Å². The van der Waals surface area contributed by atoms with Gasteiger partial charge >= 0.3 is 0 Å². The molecule has 0 bridgehead atoms. The molecule has 18 nitrogen and oxygen atoms in total. The highest BCUT2D eigenvalue weighted by atomic mass is 19.2. The third-order valence-corrected chi connectivity index (χ3v) is 12.5. The lowest BCUT2D eigenvalue weighted by atomic mass is 9.85. The number of ether oxygens (including phenoxy) is 4. The summed E-state index contributed by atoms with van der Waals surface area (Å²) < 4.78 is 46.8.